The van der Waals surface area contributed by atoms with Crippen LogP contribution in [-0.4, -0.2) is 33.0 Å². The summed E-state index contributed by atoms with van der Waals surface area (Å²) in [6.07, 6.45) is 5.34. The fraction of sp³-hybridized carbons (Fsp3) is 0.222. The monoisotopic (exact) mass is 240 g/mol. The Bertz CT molecular complexity index is 493. The van der Waals surface area contributed by atoms with Crippen molar-refractivity contribution >= 4 is 30.2 Å². The SMILES string of the molecule is Cl.O=C(O)C1NN=C2c3cn[nH]c3C=CC21. The number of carbonyl (C=O) groups is 1. The van der Waals surface area contributed by atoms with Gasteiger partial charge < -0.3 is 5.11 Å². The van der Waals surface area contributed by atoms with Crippen molar-refractivity contribution in [2.45, 2.75) is 6.04 Å². The zero-order valence-corrected chi connectivity index (χ0v) is 8.86. The molecule has 84 valence electrons. The predicted octanol–water partition coefficient (Wildman–Crippen LogP) is 0.235. The van der Waals surface area contributed by atoms with E-state index in [0.29, 0.717) is 0 Å². The van der Waals surface area contributed by atoms with Gasteiger partial charge in [-0.1, -0.05) is 6.08 Å². The Morgan fingerprint density at radius 3 is 3.06 bits per heavy atom. The molecule has 2 unspecified atom stereocenters. The van der Waals surface area contributed by atoms with Crippen LogP contribution in [0.3, 0.4) is 0 Å². The van der Waals surface area contributed by atoms with Crippen molar-refractivity contribution < 1.29 is 9.90 Å². The maximum atomic E-state index is 10.9. The first-order chi connectivity index (χ1) is 7.27. The Hall–Kier alpha value is -1.82. The summed E-state index contributed by atoms with van der Waals surface area (Å²) in [5.74, 6) is -1.09. The second kappa shape index (κ2) is 3.64. The average Bonchev–Trinajstić information content (AvgIpc) is 2.82. The lowest BCUT2D eigenvalue weighted by Crippen LogP contribution is -2.37. The fourth-order valence-electron chi connectivity index (χ4n) is 1.93. The van der Waals surface area contributed by atoms with Crippen LogP contribution in [0.1, 0.15) is 11.3 Å². The van der Waals surface area contributed by atoms with Crippen LogP contribution in [0.2, 0.25) is 0 Å². The first-order valence-electron chi connectivity index (χ1n) is 4.55. The van der Waals surface area contributed by atoms with Crippen molar-refractivity contribution in [2.75, 3.05) is 0 Å². The highest BCUT2D eigenvalue weighted by molar-refractivity contribution is 6.10. The Kier molecular flexibility index (Phi) is 2.43. The summed E-state index contributed by atoms with van der Waals surface area (Å²) in [4.78, 5) is 10.9. The van der Waals surface area contributed by atoms with Crippen LogP contribution in [0, 0.1) is 5.92 Å². The molecule has 2 aliphatic rings. The highest BCUT2D eigenvalue weighted by Crippen LogP contribution is 2.27. The van der Waals surface area contributed by atoms with Gasteiger partial charge in [0.05, 0.1) is 23.5 Å². The van der Waals surface area contributed by atoms with Gasteiger partial charge in [-0.05, 0) is 6.08 Å². The molecule has 1 aromatic heterocycles. The van der Waals surface area contributed by atoms with E-state index in [1.54, 1.807) is 6.20 Å². The van der Waals surface area contributed by atoms with Crippen molar-refractivity contribution in [3.63, 3.8) is 0 Å². The normalized spacial score (nSPS) is 24.9. The number of hydrogen-bond donors (Lipinski definition) is 3. The highest BCUT2D eigenvalue weighted by atomic mass is 35.5. The number of hydrazone groups is 1. The maximum Gasteiger partial charge on any atom is 0.328 e. The van der Waals surface area contributed by atoms with Crippen molar-refractivity contribution in [1.82, 2.24) is 15.6 Å². The van der Waals surface area contributed by atoms with E-state index in [2.05, 4.69) is 20.7 Å². The molecule has 1 aromatic rings. The molecule has 0 fully saturated rings. The van der Waals surface area contributed by atoms with Gasteiger partial charge in [0.2, 0.25) is 0 Å². The summed E-state index contributed by atoms with van der Waals surface area (Å²) in [7, 11) is 0. The van der Waals surface area contributed by atoms with Crippen molar-refractivity contribution in [1.29, 1.82) is 0 Å². The topological polar surface area (TPSA) is 90.4 Å². The number of H-pyrrole nitrogens is 1. The smallest absolute Gasteiger partial charge is 0.328 e. The Balaban J connectivity index is 0.000000963. The summed E-state index contributed by atoms with van der Waals surface area (Å²) in [5, 5.41) is 19.7. The summed E-state index contributed by atoms with van der Waals surface area (Å²) in [6.45, 7) is 0. The van der Waals surface area contributed by atoms with Gasteiger partial charge in [0, 0.05) is 5.56 Å². The quantitative estimate of drug-likeness (QED) is 0.656. The molecule has 2 heterocycles. The Labute approximate surface area is 96.8 Å². The van der Waals surface area contributed by atoms with Gasteiger partial charge in [0.15, 0.2) is 6.04 Å². The molecule has 0 bridgehead atoms. The number of aromatic nitrogens is 2. The molecule has 7 heteroatoms. The number of aromatic amines is 1. The van der Waals surface area contributed by atoms with E-state index in [9.17, 15) is 4.79 Å². The Morgan fingerprint density at radius 2 is 2.31 bits per heavy atom. The molecule has 0 saturated heterocycles. The number of carboxylic acid groups (broad SMARTS) is 1. The second-order valence-electron chi connectivity index (χ2n) is 3.52. The Morgan fingerprint density at radius 1 is 1.50 bits per heavy atom. The molecule has 0 radical (unpaired) electrons. The minimum atomic E-state index is -0.893. The molecule has 0 aromatic carbocycles. The number of rotatable bonds is 1. The summed E-state index contributed by atoms with van der Waals surface area (Å²) in [6, 6.07) is -0.667. The molecule has 2 atom stereocenters. The number of fused-ring (bicyclic) bond motifs is 3. The third-order valence-corrected chi connectivity index (χ3v) is 2.68. The number of carboxylic acids is 1. The molecule has 0 spiro atoms. The minimum Gasteiger partial charge on any atom is -0.480 e. The van der Waals surface area contributed by atoms with Gasteiger partial charge >= 0.3 is 5.97 Å². The number of aliphatic carboxylic acids is 1. The van der Waals surface area contributed by atoms with Gasteiger partial charge in [-0.2, -0.15) is 10.2 Å². The molecule has 16 heavy (non-hydrogen) atoms. The van der Waals surface area contributed by atoms with Crippen LogP contribution in [0.15, 0.2) is 17.4 Å². The van der Waals surface area contributed by atoms with Gasteiger partial charge in [0.1, 0.15) is 0 Å². The molecule has 6 nitrogen and oxygen atoms in total. The lowest BCUT2D eigenvalue weighted by atomic mass is 9.87. The molecule has 0 saturated carbocycles. The first-order valence-corrected chi connectivity index (χ1v) is 4.55. The third kappa shape index (κ3) is 1.30. The molecular weight excluding hydrogens is 232 g/mol. The average molecular weight is 241 g/mol. The number of nitrogens with one attached hydrogen (secondary N) is 2. The van der Waals surface area contributed by atoms with E-state index in [-0.39, 0.29) is 18.3 Å². The second-order valence-corrected chi connectivity index (χ2v) is 3.52. The first kappa shape index (κ1) is 10.7. The van der Waals surface area contributed by atoms with E-state index < -0.39 is 12.0 Å². The minimum absolute atomic E-state index is 0. The summed E-state index contributed by atoms with van der Waals surface area (Å²) >= 11 is 0. The van der Waals surface area contributed by atoms with Crippen molar-refractivity contribution in [3.8, 4) is 0 Å². The van der Waals surface area contributed by atoms with E-state index in [1.165, 1.54) is 0 Å². The van der Waals surface area contributed by atoms with Gasteiger partial charge in [0.25, 0.3) is 0 Å². The van der Waals surface area contributed by atoms with Crippen LogP contribution < -0.4 is 5.43 Å². The van der Waals surface area contributed by atoms with E-state index >= 15 is 0 Å². The summed E-state index contributed by atoms with van der Waals surface area (Å²) in [5.41, 5.74) is 5.12. The number of nitrogens with zero attached hydrogens (tertiary/aromatic N) is 2. The van der Waals surface area contributed by atoms with E-state index in [4.69, 9.17) is 5.11 Å². The molecule has 1 aliphatic heterocycles. The van der Waals surface area contributed by atoms with Crippen LogP contribution in [0.4, 0.5) is 0 Å². The van der Waals surface area contributed by atoms with Crippen molar-refractivity contribution in [2.24, 2.45) is 11.0 Å². The third-order valence-electron chi connectivity index (χ3n) is 2.68. The van der Waals surface area contributed by atoms with Gasteiger partial charge in [-0.15, -0.1) is 12.4 Å². The van der Waals surface area contributed by atoms with Crippen LogP contribution in [0.25, 0.3) is 6.08 Å². The molecule has 3 N–H and O–H groups in total. The lowest BCUT2D eigenvalue weighted by molar-refractivity contribution is -0.139. The van der Waals surface area contributed by atoms with Crippen LogP contribution in [0.5, 0.6) is 0 Å². The standard InChI is InChI=1S/C9H8N4O2.ClH/c14-9(15)8-4-1-2-6-5(3-10-11-6)7(4)12-13-8;/h1-4,8,13H,(H,10,11)(H,14,15);1H. The zero-order chi connectivity index (χ0) is 10.4. The highest BCUT2D eigenvalue weighted by Gasteiger charge is 2.38. The zero-order valence-electron chi connectivity index (χ0n) is 8.04. The maximum absolute atomic E-state index is 10.9. The number of hydrogen-bond acceptors (Lipinski definition) is 4. The van der Waals surface area contributed by atoms with Crippen LogP contribution >= 0.6 is 12.4 Å². The van der Waals surface area contributed by atoms with Crippen LogP contribution in [-0.2, 0) is 4.79 Å². The van der Waals surface area contributed by atoms with Gasteiger partial charge in [-0.3, -0.25) is 10.5 Å². The fourth-order valence-corrected chi connectivity index (χ4v) is 1.93. The molecular formula is C9H9ClN4O2. The molecule has 1 aliphatic carbocycles. The van der Waals surface area contributed by atoms with Crippen molar-refractivity contribution in [3.05, 3.63) is 23.5 Å². The molecule has 3 rings (SSSR count). The lowest BCUT2D eigenvalue weighted by Gasteiger charge is -2.15. The molecule has 0 amide bonds. The summed E-state index contributed by atoms with van der Waals surface area (Å²) < 4.78 is 0. The largest absolute Gasteiger partial charge is 0.480 e. The van der Waals surface area contributed by atoms with Gasteiger partial charge in [-0.25, -0.2) is 4.79 Å². The van der Waals surface area contributed by atoms with E-state index in [0.717, 1.165) is 17.0 Å². The van der Waals surface area contributed by atoms with E-state index in [1.807, 2.05) is 12.2 Å². The number of halogens is 1. The predicted molar refractivity (Wildman–Crippen MR) is 59.5 cm³/mol.